The number of rotatable bonds is 3. The molecule has 0 aromatic carbocycles. The molecule has 0 N–H and O–H groups in total. The van der Waals surface area contributed by atoms with Gasteiger partial charge in [-0.05, 0) is 6.42 Å². The second-order valence-corrected chi connectivity index (χ2v) is 2.04. The quantitative estimate of drug-likeness (QED) is 0.553. The largest absolute Gasteiger partial charge is 0.251 e. The first-order chi connectivity index (χ1) is 4.33. The molecule has 9 heavy (non-hydrogen) atoms. The molecule has 0 aromatic rings. The van der Waals surface area contributed by atoms with Crippen molar-refractivity contribution in [2.75, 3.05) is 6.67 Å². The van der Waals surface area contributed by atoms with E-state index < -0.39 is 0 Å². The van der Waals surface area contributed by atoms with E-state index in [4.69, 9.17) is 0 Å². The number of halogens is 1. The summed E-state index contributed by atoms with van der Waals surface area (Å²) < 4.78 is 11.0. The molecule has 0 unspecified atom stereocenters. The van der Waals surface area contributed by atoms with Crippen LogP contribution in [0, 0.1) is 0 Å². The lowest BCUT2D eigenvalue weighted by molar-refractivity contribution is 0.469. The highest BCUT2D eigenvalue weighted by molar-refractivity contribution is 4.23. The highest BCUT2D eigenvalue weighted by Gasteiger charge is 1.71. The standard InChI is InChI=1S/C4H9F.C4H10/c1-2-3-4-5;1-3-4-2/h2-4H2,1H3;3-4H2,1-2H3. The van der Waals surface area contributed by atoms with Crippen LogP contribution in [0.4, 0.5) is 4.39 Å². The summed E-state index contributed by atoms with van der Waals surface area (Å²) in [5.41, 5.74) is 0. The van der Waals surface area contributed by atoms with E-state index in [9.17, 15) is 4.39 Å². The van der Waals surface area contributed by atoms with Crippen molar-refractivity contribution in [3.63, 3.8) is 0 Å². The third-order valence-electron chi connectivity index (χ3n) is 0.987. The van der Waals surface area contributed by atoms with Crippen LogP contribution in [0.25, 0.3) is 0 Å². The molecule has 0 bridgehead atoms. The molecule has 1 heteroatoms. The van der Waals surface area contributed by atoms with Gasteiger partial charge < -0.3 is 0 Å². The maximum Gasteiger partial charge on any atom is 0.0894 e. The minimum Gasteiger partial charge on any atom is -0.251 e. The lowest BCUT2D eigenvalue weighted by atomic mass is 10.4. The molecule has 0 aliphatic carbocycles. The van der Waals surface area contributed by atoms with Gasteiger partial charge in [0.1, 0.15) is 0 Å². The first-order valence-corrected chi connectivity index (χ1v) is 3.89. The van der Waals surface area contributed by atoms with Crippen LogP contribution < -0.4 is 0 Å². The fourth-order valence-corrected chi connectivity index (χ4v) is 0.134. The van der Waals surface area contributed by atoms with Crippen LogP contribution in [0.1, 0.15) is 46.5 Å². The van der Waals surface area contributed by atoms with E-state index in [0.29, 0.717) is 0 Å². The summed E-state index contributed by atoms with van der Waals surface area (Å²) in [5, 5.41) is 0. The minimum atomic E-state index is -0.156. The Morgan fingerprint density at radius 1 is 0.889 bits per heavy atom. The van der Waals surface area contributed by atoms with Crippen LogP contribution in [0.3, 0.4) is 0 Å². The van der Waals surface area contributed by atoms with E-state index in [-0.39, 0.29) is 6.67 Å². The van der Waals surface area contributed by atoms with Crippen molar-refractivity contribution in [1.29, 1.82) is 0 Å². The Morgan fingerprint density at radius 2 is 1.33 bits per heavy atom. The van der Waals surface area contributed by atoms with Gasteiger partial charge in [-0.1, -0.05) is 40.0 Å². The summed E-state index contributed by atoms with van der Waals surface area (Å²) in [6.45, 7) is 6.18. The zero-order chi connectivity index (χ0) is 7.54. The molecule has 0 rings (SSSR count). The van der Waals surface area contributed by atoms with Gasteiger partial charge in [-0.2, -0.15) is 0 Å². The van der Waals surface area contributed by atoms with Crippen molar-refractivity contribution in [2.24, 2.45) is 0 Å². The maximum atomic E-state index is 11.0. The van der Waals surface area contributed by atoms with Gasteiger partial charge in [0.2, 0.25) is 0 Å². The summed E-state index contributed by atoms with van der Waals surface area (Å²) in [4.78, 5) is 0. The van der Waals surface area contributed by atoms with E-state index in [1.807, 2.05) is 6.92 Å². The molecule has 0 saturated heterocycles. The van der Waals surface area contributed by atoms with E-state index in [1.54, 1.807) is 0 Å². The third kappa shape index (κ3) is 32.5. The van der Waals surface area contributed by atoms with Crippen molar-refractivity contribution in [3.8, 4) is 0 Å². The Hall–Kier alpha value is -0.0700. The van der Waals surface area contributed by atoms with Crippen LogP contribution >= 0.6 is 0 Å². The molecule has 0 nitrogen and oxygen atoms in total. The van der Waals surface area contributed by atoms with Gasteiger partial charge in [0.05, 0.1) is 6.67 Å². The van der Waals surface area contributed by atoms with Crippen molar-refractivity contribution >= 4 is 0 Å². The average molecular weight is 134 g/mol. The zero-order valence-electron chi connectivity index (χ0n) is 6.91. The van der Waals surface area contributed by atoms with E-state index >= 15 is 0 Å². The molecule has 0 aromatic heterocycles. The molecule has 0 saturated carbocycles. The molecule has 0 atom stereocenters. The fraction of sp³-hybridized carbons (Fsp3) is 1.00. The summed E-state index contributed by atoms with van der Waals surface area (Å²) in [5.74, 6) is 0. The van der Waals surface area contributed by atoms with Gasteiger partial charge in [-0.3, -0.25) is 4.39 Å². The van der Waals surface area contributed by atoms with E-state index in [0.717, 1.165) is 12.8 Å². The molecule has 0 heterocycles. The SMILES string of the molecule is CCCC.CCCCF. The Kier molecular flexibility index (Phi) is 20.4. The van der Waals surface area contributed by atoms with Crippen molar-refractivity contribution in [2.45, 2.75) is 46.5 Å². The minimum absolute atomic E-state index is 0.156. The summed E-state index contributed by atoms with van der Waals surface area (Å²) in [7, 11) is 0. The molecule has 0 amide bonds. The lowest BCUT2D eigenvalue weighted by Crippen LogP contribution is -1.67. The van der Waals surface area contributed by atoms with Gasteiger partial charge in [-0.15, -0.1) is 0 Å². The Balaban J connectivity index is 0. The molecule has 0 aliphatic heterocycles. The Morgan fingerprint density at radius 3 is 1.33 bits per heavy atom. The monoisotopic (exact) mass is 134 g/mol. The predicted octanol–water partition coefficient (Wildman–Crippen LogP) is 3.56. The van der Waals surface area contributed by atoms with E-state index in [1.165, 1.54) is 12.8 Å². The summed E-state index contributed by atoms with van der Waals surface area (Å²) in [6.07, 6.45) is 4.33. The van der Waals surface area contributed by atoms with Gasteiger partial charge >= 0.3 is 0 Å². The van der Waals surface area contributed by atoms with Crippen LogP contribution in [-0.2, 0) is 0 Å². The van der Waals surface area contributed by atoms with Gasteiger partial charge in [0.25, 0.3) is 0 Å². The third-order valence-corrected chi connectivity index (χ3v) is 0.987. The molecule has 0 spiro atoms. The van der Waals surface area contributed by atoms with Gasteiger partial charge in [-0.25, -0.2) is 0 Å². The first-order valence-electron chi connectivity index (χ1n) is 3.89. The zero-order valence-corrected chi connectivity index (χ0v) is 6.91. The van der Waals surface area contributed by atoms with Crippen molar-refractivity contribution < 1.29 is 4.39 Å². The second kappa shape index (κ2) is 15.7. The first kappa shape index (κ1) is 11.7. The molecule has 0 fully saturated rings. The van der Waals surface area contributed by atoms with Crippen LogP contribution in [0.15, 0.2) is 0 Å². The maximum absolute atomic E-state index is 11.0. The number of hydrogen-bond acceptors (Lipinski definition) is 0. The van der Waals surface area contributed by atoms with Crippen LogP contribution in [0.5, 0.6) is 0 Å². The van der Waals surface area contributed by atoms with Gasteiger partial charge in [0.15, 0.2) is 0 Å². The lowest BCUT2D eigenvalue weighted by Gasteiger charge is -1.76. The fourth-order valence-electron chi connectivity index (χ4n) is 0.134. The van der Waals surface area contributed by atoms with Crippen molar-refractivity contribution in [1.82, 2.24) is 0 Å². The van der Waals surface area contributed by atoms with Crippen LogP contribution in [0.2, 0.25) is 0 Å². The molecule has 0 radical (unpaired) electrons. The van der Waals surface area contributed by atoms with Gasteiger partial charge in [0, 0.05) is 0 Å². The number of unbranched alkanes of at least 4 members (excludes halogenated alkanes) is 2. The highest BCUT2D eigenvalue weighted by atomic mass is 19.1. The van der Waals surface area contributed by atoms with E-state index in [2.05, 4.69) is 13.8 Å². The summed E-state index contributed by atoms with van der Waals surface area (Å²) in [6, 6.07) is 0. The normalized spacial score (nSPS) is 8.00. The second-order valence-electron chi connectivity index (χ2n) is 2.04. The van der Waals surface area contributed by atoms with Crippen LogP contribution in [-0.4, -0.2) is 6.67 Å². The predicted molar refractivity (Wildman–Crippen MR) is 41.5 cm³/mol. The molecule has 58 valence electrons. The summed E-state index contributed by atoms with van der Waals surface area (Å²) >= 11 is 0. The Bertz CT molecular complexity index is 23.7. The Labute approximate surface area is 58.5 Å². The topological polar surface area (TPSA) is 0 Å². The smallest absolute Gasteiger partial charge is 0.0894 e. The number of hydrogen-bond donors (Lipinski definition) is 0. The molecule has 0 aliphatic rings. The van der Waals surface area contributed by atoms with Crippen molar-refractivity contribution in [3.05, 3.63) is 0 Å². The molecular weight excluding hydrogens is 115 g/mol. The highest BCUT2D eigenvalue weighted by Crippen LogP contribution is 1.83. The number of alkyl halides is 1. The average Bonchev–Trinajstić information content (AvgIpc) is 1.91. The molecular formula is C8H19F.